The second-order valence-corrected chi connectivity index (χ2v) is 6.04. The van der Waals surface area contributed by atoms with Crippen LogP contribution in [-0.4, -0.2) is 41.1 Å². The second-order valence-electron chi connectivity index (χ2n) is 5.15. The first-order valence-electron chi connectivity index (χ1n) is 6.02. The van der Waals surface area contributed by atoms with Gasteiger partial charge in [0, 0.05) is 23.8 Å². The van der Waals surface area contributed by atoms with Gasteiger partial charge in [0.15, 0.2) is 0 Å². The van der Waals surface area contributed by atoms with Crippen molar-refractivity contribution in [2.75, 3.05) is 20.1 Å². The number of nitrogens with zero attached hydrogens (tertiary/aromatic N) is 2. The number of rotatable bonds is 3. The average Bonchev–Trinajstić information content (AvgIpc) is 2.74. The van der Waals surface area contributed by atoms with Crippen LogP contribution in [0.1, 0.15) is 35.4 Å². The van der Waals surface area contributed by atoms with Crippen LogP contribution in [0.2, 0.25) is 0 Å². The summed E-state index contributed by atoms with van der Waals surface area (Å²) in [5, 5.41) is 12.1. The molecule has 2 heterocycles. The molecule has 92 valence electrons. The van der Waals surface area contributed by atoms with Gasteiger partial charge in [0.2, 0.25) is 0 Å². The second kappa shape index (κ2) is 4.07. The standard InChI is InChI=1S/C12H16N2O2S/c1-14-3-2-7(5-14)10-6-17-11(13-10)8-4-9(8)12(15)16/h6-9H,2-5H2,1H3,(H,15,16). The molecule has 2 fully saturated rings. The first kappa shape index (κ1) is 11.2. The molecule has 2 aliphatic rings. The van der Waals surface area contributed by atoms with Crippen molar-refractivity contribution < 1.29 is 9.90 Å². The molecule has 1 saturated heterocycles. The number of hydrogen-bond acceptors (Lipinski definition) is 4. The largest absolute Gasteiger partial charge is 0.481 e. The Balaban J connectivity index is 1.69. The topological polar surface area (TPSA) is 53.4 Å². The van der Waals surface area contributed by atoms with E-state index in [0.717, 1.165) is 24.5 Å². The molecule has 5 heteroatoms. The minimum Gasteiger partial charge on any atom is -0.481 e. The fourth-order valence-electron chi connectivity index (χ4n) is 2.58. The molecule has 0 aromatic carbocycles. The van der Waals surface area contributed by atoms with E-state index in [1.165, 1.54) is 12.1 Å². The summed E-state index contributed by atoms with van der Waals surface area (Å²) in [5.74, 6) is -0.120. The maximum atomic E-state index is 10.8. The zero-order valence-corrected chi connectivity index (χ0v) is 10.6. The lowest BCUT2D eigenvalue weighted by Gasteiger charge is -2.06. The number of aliphatic carboxylic acids is 1. The summed E-state index contributed by atoms with van der Waals surface area (Å²) in [4.78, 5) is 17.8. The number of aromatic nitrogens is 1. The summed E-state index contributed by atoms with van der Waals surface area (Å²) < 4.78 is 0. The zero-order chi connectivity index (χ0) is 12.0. The highest BCUT2D eigenvalue weighted by atomic mass is 32.1. The average molecular weight is 252 g/mol. The van der Waals surface area contributed by atoms with Crippen LogP contribution in [0.5, 0.6) is 0 Å². The van der Waals surface area contributed by atoms with E-state index < -0.39 is 5.97 Å². The summed E-state index contributed by atoms with van der Waals surface area (Å²) in [6.45, 7) is 2.22. The van der Waals surface area contributed by atoms with Crippen LogP contribution >= 0.6 is 11.3 Å². The van der Waals surface area contributed by atoms with Gasteiger partial charge in [-0.2, -0.15) is 0 Å². The molecule has 4 nitrogen and oxygen atoms in total. The summed E-state index contributed by atoms with van der Waals surface area (Å²) >= 11 is 1.64. The molecule has 1 aliphatic carbocycles. The number of hydrogen-bond donors (Lipinski definition) is 1. The zero-order valence-electron chi connectivity index (χ0n) is 9.80. The molecular formula is C12H16N2O2S. The molecular weight excluding hydrogens is 236 g/mol. The molecule has 17 heavy (non-hydrogen) atoms. The summed E-state index contributed by atoms with van der Waals surface area (Å²) in [7, 11) is 2.13. The van der Waals surface area contributed by atoms with Crippen molar-refractivity contribution in [3.63, 3.8) is 0 Å². The fourth-order valence-corrected chi connectivity index (χ4v) is 3.66. The minimum absolute atomic E-state index is 0.180. The van der Waals surface area contributed by atoms with Gasteiger partial charge >= 0.3 is 5.97 Å². The number of carboxylic acids is 1. The van der Waals surface area contributed by atoms with E-state index in [2.05, 4.69) is 22.3 Å². The van der Waals surface area contributed by atoms with Crippen LogP contribution in [0.4, 0.5) is 0 Å². The molecule has 1 aromatic rings. The van der Waals surface area contributed by atoms with Crippen molar-refractivity contribution in [1.29, 1.82) is 0 Å². The van der Waals surface area contributed by atoms with Crippen molar-refractivity contribution in [2.24, 2.45) is 5.92 Å². The Kier molecular flexibility index (Phi) is 2.67. The lowest BCUT2D eigenvalue weighted by molar-refractivity contribution is -0.138. The van der Waals surface area contributed by atoms with E-state index in [0.29, 0.717) is 5.92 Å². The number of likely N-dealkylation sites (tertiary alicyclic amines) is 1. The van der Waals surface area contributed by atoms with Crippen LogP contribution in [-0.2, 0) is 4.79 Å². The van der Waals surface area contributed by atoms with Crippen LogP contribution < -0.4 is 0 Å². The molecule has 1 aromatic heterocycles. The Morgan fingerprint density at radius 1 is 1.65 bits per heavy atom. The molecule has 3 unspecified atom stereocenters. The van der Waals surface area contributed by atoms with E-state index >= 15 is 0 Å². The number of thiazole rings is 1. The third kappa shape index (κ3) is 2.09. The first-order valence-corrected chi connectivity index (χ1v) is 6.90. The summed E-state index contributed by atoms with van der Waals surface area (Å²) in [5.41, 5.74) is 1.17. The Morgan fingerprint density at radius 3 is 3.06 bits per heavy atom. The molecule has 1 N–H and O–H groups in total. The molecule has 3 atom stereocenters. The van der Waals surface area contributed by atoms with Gasteiger partial charge in [0.25, 0.3) is 0 Å². The molecule has 0 amide bonds. The number of carboxylic acid groups (broad SMARTS) is 1. The highest BCUT2D eigenvalue weighted by molar-refractivity contribution is 7.09. The van der Waals surface area contributed by atoms with Crippen LogP contribution in [0.25, 0.3) is 0 Å². The van der Waals surface area contributed by atoms with Gasteiger partial charge in [-0.15, -0.1) is 11.3 Å². The van der Waals surface area contributed by atoms with Crippen molar-refractivity contribution >= 4 is 17.3 Å². The third-order valence-corrected chi connectivity index (χ3v) is 4.77. The predicted octanol–water partition coefficient (Wildman–Crippen LogP) is 1.75. The molecule has 1 saturated carbocycles. The Hall–Kier alpha value is -0.940. The van der Waals surface area contributed by atoms with Crippen LogP contribution in [0.15, 0.2) is 5.38 Å². The normalized spacial score (nSPS) is 32.9. The van der Waals surface area contributed by atoms with E-state index in [4.69, 9.17) is 5.11 Å². The highest BCUT2D eigenvalue weighted by Gasteiger charge is 2.46. The van der Waals surface area contributed by atoms with Gasteiger partial charge in [-0.25, -0.2) is 4.98 Å². The Labute approximate surface area is 104 Å². The van der Waals surface area contributed by atoms with Crippen molar-refractivity contribution in [1.82, 2.24) is 9.88 Å². The van der Waals surface area contributed by atoms with E-state index in [1.54, 1.807) is 11.3 Å². The monoisotopic (exact) mass is 252 g/mol. The third-order valence-electron chi connectivity index (χ3n) is 3.77. The van der Waals surface area contributed by atoms with E-state index in [1.807, 2.05) is 0 Å². The van der Waals surface area contributed by atoms with Crippen molar-refractivity contribution in [3.8, 4) is 0 Å². The number of carbonyl (C=O) groups is 1. The van der Waals surface area contributed by atoms with Crippen LogP contribution in [0, 0.1) is 5.92 Å². The van der Waals surface area contributed by atoms with E-state index in [-0.39, 0.29) is 11.8 Å². The Morgan fingerprint density at radius 2 is 2.47 bits per heavy atom. The number of likely N-dealkylation sites (N-methyl/N-ethyl adjacent to an activating group) is 1. The van der Waals surface area contributed by atoms with E-state index in [9.17, 15) is 4.79 Å². The smallest absolute Gasteiger partial charge is 0.307 e. The van der Waals surface area contributed by atoms with Crippen molar-refractivity contribution in [3.05, 3.63) is 16.1 Å². The van der Waals surface area contributed by atoms with Crippen molar-refractivity contribution in [2.45, 2.75) is 24.7 Å². The SMILES string of the molecule is CN1CCC(c2csc(C3CC3C(=O)O)n2)C1. The maximum Gasteiger partial charge on any atom is 0.307 e. The molecule has 1 aliphatic heterocycles. The molecule has 0 radical (unpaired) electrons. The van der Waals surface area contributed by atoms with Gasteiger partial charge in [0.1, 0.15) is 0 Å². The Bertz CT molecular complexity index is 445. The van der Waals surface area contributed by atoms with Gasteiger partial charge in [-0.05, 0) is 26.4 Å². The van der Waals surface area contributed by atoms with Gasteiger partial charge in [-0.1, -0.05) is 0 Å². The molecule has 3 rings (SSSR count). The molecule has 0 spiro atoms. The minimum atomic E-state index is -0.674. The highest BCUT2D eigenvalue weighted by Crippen LogP contribution is 2.49. The van der Waals surface area contributed by atoms with Crippen LogP contribution in [0.3, 0.4) is 0 Å². The maximum absolute atomic E-state index is 10.8. The quantitative estimate of drug-likeness (QED) is 0.890. The van der Waals surface area contributed by atoms with Gasteiger partial charge in [-0.3, -0.25) is 4.79 Å². The first-order chi connectivity index (χ1) is 8.15. The van der Waals surface area contributed by atoms with Gasteiger partial charge in [0.05, 0.1) is 16.6 Å². The van der Waals surface area contributed by atoms with Gasteiger partial charge < -0.3 is 10.0 Å². The fraction of sp³-hybridized carbons (Fsp3) is 0.667. The summed E-state index contributed by atoms with van der Waals surface area (Å²) in [6, 6.07) is 0. The molecule has 0 bridgehead atoms. The predicted molar refractivity (Wildman–Crippen MR) is 65.5 cm³/mol. The summed E-state index contributed by atoms with van der Waals surface area (Å²) in [6.07, 6.45) is 1.94. The lowest BCUT2D eigenvalue weighted by Crippen LogP contribution is -2.13. The lowest BCUT2D eigenvalue weighted by atomic mass is 10.1.